The fourth-order valence-corrected chi connectivity index (χ4v) is 4.50. The highest BCUT2D eigenvalue weighted by molar-refractivity contribution is 9.10. The summed E-state index contributed by atoms with van der Waals surface area (Å²) in [6, 6.07) is 5.90. The number of anilines is 1. The van der Waals surface area contributed by atoms with Crippen molar-refractivity contribution in [2.75, 3.05) is 18.5 Å². The first kappa shape index (κ1) is 17.3. The fourth-order valence-electron chi connectivity index (χ4n) is 3.02. The topological polar surface area (TPSA) is 73.3 Å². The Kier molecular flexibility index (Phi) is 5.01. The standard InChI is InChI=1S/C17H17BrClN3O2S/c18-14-15-17(24-16(14)10-8-23-4-3-11(10)20)12(6-13(19)22-15)21-7-9-2-1-5-25-9/h1-2,5-6,10-11H,3-4,7-8,20H2,(H,21,22)/t10-,11-/m0/s1. The number of halogens is 2. The van der Waals surface area contributed by atoms with Gasteiger partial charge in [-0.2, -0.15) is 0 Å². The average molecular weight is 443 g/mol. The summed E-state index contributed by atoms with van der Waals surface area (Å²) >= 11 is 11.5. The molecule has 1 aliphatic rings. The maximum Gasteiger partial charge on any atom is 0.177 e. The maximum atomic E-state index is 6.27. The highest BCUT2D eigenvalue weighted by Crippen LogP contribution is 2.40. The minimum absolute atomic E-state index is 0.00115. The Bertz CT molecular complexity index is 884. The minimum Gasteiger partial charge on any atom is -0.455 e. The van der Waals surface area contributed by atoms with Crippen LogP contribution in [0.1, 0.15) is 23.0 Å². The third kappa shape index (κ3) is 3.44. The first-order valence-electron chi connectivity index (χ1n) is 8.01. The van der Waals surface area contributed by atoms with E-state index in [1.807, 2.05) is 6.07 Å². The quantitative estimate of drug-likeness (QED) is 0.571. The molecular weight excluding hydrogens is 426 g/mol. The van der Waals surface area contributed by atoms with Crippen LogP contribution in [0.3, 0.4) is 0 Å². The molecule has 0 amide bonds. The number of ether oxygens (including phenoxy) is 1. The molecule has 1 fully saturated rings. The van der Waals surface area contributed by atoms with Gasteiger partial charge in [0.05, 0.1) is 22.7 Å². The van der Waals surface area contributed by atoms with Crippen LogP contribution in [0.4, 0.5) is 5.69 Å². The zero-order valence-corrected chi connectivity index (χ0v) is 16.5. The van der Waals surface area contributed by atoms with E-state index in [1.54, 1.807) is 17.4 Å². The molecule has 0 unspecified atom stereocenters. The van der Waals surface area contributed by atoms with Gasteiger partial charge in [0, 0.05) is 30.1 Å². The van der Waals surface area contributed by atoms with Crippen LogP contribution in [-0.4, -0.2) is 24.2 Å². The van der Waals surface area contributed by atoms with Crippen molar-refractivity contribution in [2.45, 2.75) is 24.9 Å². The van der Waals surface area contributed by atoms with Gasteiger partial charge in [-0.3, -0.25) is 0 Å². The fraction of sp³-hybridized carbons (Fsp3) is 0.353. The van der Waals surface area contributed by atoms with Crippen molar-refractivity contribution < 1.29 is 9.15 Å². The van der Waals surface area contributed by atoms with Gasteiger partial charge in [0.15, 0.2) is 5.58 Å². The molecule has 3 aromatic rings. The molecule has 3 N–H and O–H groups in total. The second kappa shape index (κ2) is 7.25. The lowest BCUT2D eigenvalue weighted by molar-refractivity contribution is 0.0629. The van der Waals surface area contributed by atoms with E-state index >= 15 is 0 Å². The number of hydrogen-bond acceptors (Lipinski definition) is 6. The average Bonchev–Trinajstić information content (AvgIpc) is 3.22. The molecule has 0 bridgehead atoms. The lowest BCUT2D eigenvalue weighted by atomic mass is 9.94. The lowest BCUT2D eigenvalue weighted by Gasteiger charge is -2.27. The number of pyridine rings is 1. The van der Waals surface area contributed by atoms with Crippen LogP contribution < -0.4 is 11.1 Å². The highest BCUT2D eigenvalue weighted by Gasteiger charge is 2.31. The van der Waals surface area contributed by atoms with E-state index in [9.17, 15) is 0 Å². The first-order chi connectivity index (χ1) is 12.1. The number of fused-ring (bicyclic) bond motifs is 1. The van der Waals surface area contributed by atoms with E-state index < -0.39 is 0 Å². The van der Waals surface area contributed by atoms with Gasteiger partial charge in [0.2, 0.25) is 0 Å². The van der Waals surface area contributed by atoms with Crippen molar-refractivity contribution in [3.8, 4) is 0 Å². The number of thiophene rings is 1. The summed E-state index contributed by atoms with van der Waals surface area (Å²) in [4.78, 5) is 5.66. The van der Waals surface area contributed by atoms with Gasteiger partial charge in [0.1, 0.15) is 16.4 Å². The first-order valence-corrected chi connectivity index (χ1v) is 10.1. The summed E-state index contributed by atoms with van der Waals surface area (Å²) < 4.78 is 12.6. The molecule has 4 heterocycles. The summed E-state index contributed by atoms with van der Waals surface area (Å²) in [5.41, 5.74) is 8.47. The number of aromatic nitrogens is 1. The number of nitrogens with zero attached hydrogens (tertiary/aromatic N) is 1. The molecule has 1 aliphatic heterocycles. The van der Waals surface area contributed by atoms with Crippen molar-refractivity contribution in [3.63, 3.8) is 0 Å². The van der Waals surface area contributed by atoms with Gasteiger partial charge in [-0.25, -0.2) is 4.98 Å². The molecule has 25 heavy (non-hydrogen) atoms. The zero-order chi connectivity index (χ0) is 17.4. The van der Waals surface area contributed by atoms with E-state index in [0.717, 1.165) is 22.3 Å². The van der Waals surface area contributed by atoms with Crippen molar-refractivity contribution in [2.24, 2.45) is 5.73 Å². The molecule has 4 rings (SSSR count). The molecule has 0 aliphatic carbocycles. The Labute approximate surface area is 162 Å². The van der Waals surface area contributed by atoms with Crippen LogP contribution in [0.25, 0.3) is 11.1 Å². The number of furan rings is 1. The number of nitrogens with two attached hydrogens (primary N) is 1. The predicted octanol–water partition coefficient (Wildman–Crippen LogP) is 4.75. The third-order valence-electron chi connectivity index (χ3n) is 4.36. The molecule has 0 saturated carbocycles. The van der Waals surface area contributed by atoms with Crippen LogP contribution in [-0.2, 0) is 11.3 Å². The Morgan fingerprint density at radius 3 is 3.12 bits per heavy atom. The summed E-state index contributed by atoms with van der Waals surface area (Å²) in [7, 11) is 0. The Balaban J connectivity index is 1.72. The lowest BCUT2D eigenvalue weighted by Crippen LogP contribution is -2.36. The van der Waals surface area contributed by atoms with Gasteiger partial charge >= 0.3 is 0 Å². The van der Waals surface area contributed by atoms with E-state index in [0.29, 0.717) is 36.0 Å². The van der Waals surface area contributed by atoms with Crippen molar-refractivity contribution >= 4 is 55.7 Å². The second-order valence-corrected chi connectivity index (χ2v) is 8.23. The smallest absolute Gasteiger partial charge is 0.177 e. The molecule has 3 aromatic heterocycles. The molecule has 132 valence electrons. The summed E-state index contributed by atoms with van der Waals surface area (Å²) in [6.07, 6.45) is 0.811. The Hall–Kier alpha value is -1.12. The van der Waals surface area contributed by atoms with E-state index in [1.165, 1.54) is 4.88 Å². The molecular formula is C17H17BrClN3O2S. The summed E-state index contributed by atoms with van der Waals surface area (Å²) in [6.45, 7) is 1.94. The van der Waals surface area contributed by atoms with Crippen molar-refractivity contribution in [3.05, 3.63) is 43.8 Å². The van der Waals surface area contributed by atoms with Crippen LogP contribution in [0.2, 0.25) is 5.15 Å². The molecule has 5 nitrogen and oxygen atoms in total. The maximum absolute atomic E-state index is 6.27. The summed E-state index contributed by atoms with van der Waals surface area (Å²) in [5, 5.41) is 5.86. The molecule has 2 atom stereocenters. The third-order valence-corrected chi connectivity index (χ3v) is 6.19. The highest BCUT2D eigenvalue weighted by atomic mass is 79.9. The van der Waals surface area contributed by atoms with Gasteiger partial charge in [-0.05, 0) is 33.8 Å². The number of nitrogens with one attached hydrogen (secondary N) is 1. The largest absolute Gasteiger partial charge is 0.455 e. The number of rotatable bonds is 4. The number of hydrogen-bond donors (Lipinski definition) is 2. The van der Waals surface area contributed by atoms with Crippen LogP contribution in [0.5, 0.6) is 0 Å². The Morgan fingerprint density at radius 1 is 1.48 bits per heavy atom. The van der Waals surface area contributed by atoms with Gasteiger partial charge in [-0.15, -0.1) is 11.3 Å². The normalized spacial score (nSPS) is 20.9. The van der Waals surface area contributed by atoms with Gasteiger partial charge < -0.3 is 20.2 Å². The van der Waals surface area contributed by atoms with Gasteiger partial charge in [0.25, 0.3) is 0 Å². The predicted molar refractivity (Wildman–Crippen MR) is 105 cm³/mol. The van der Waals surface area contributed by atoms with E-state index in [4.69, 9.17) is 26.5 Å². The van der Waals surface area contributed by atoms with Crippen molar-refractivity contribution in [1.82, 2.24) is 4.98 Å². The van der Waals surface area contributed by atoms with E-state index in [-0.39, 0.29) is 12.0 Å². The molecule has 0 spiro atoms. The molecule has 0 radical (unpaired) electrons. The Morgan fingerprint density at radius 2 is 2.36 bits per heavy atom. The van der Waals surface area contributed by atoms with E-state index in [2.05, 4.69) is 37.7 Å². The monoisotopic (exact) mass is 441 g/mol. The summed E-state index contributed by atoms with van der Waals surface area (Å²) in [5.74, 6) is 0.775. The van der Waals surface area contributed by atoms with Crippen LogP contribution in [0.15, 0.2) is 32.5 Å². The van der Waals surface area contributed by atoms with Crippen molar-refractivity contribution in [1.29, 1.82) is 0 Å². The second-order valence-electron chi connectivity index (χ2n) is 6.02. The molecule has 1 saturated heterocycles. The zero-order valence-electron chi connectivity index (χ0n) is 13.3. The molecule has 0 aromatic carbocycles. The van der Waals surface area contributed by atoms with Crippen LogP contribution >= 0.6 is 38.9 Å². The minimum atomic E-state index is 0.00115. The van der Waals surface area contributed by atoms with Gasteiger partial charge in [-0.1, -0.05) is 17.7 Å². The molecule has 8 heteroatoms. The van der Waals surface area contributed by atoms with Crippen LogP contribution in [0, 0.1) is 0 Å². The SMILES string of the molecule is N[C@H]1CCOC[C@@H]1c1oc2c(NCc3cccs3)cc(Cl)nc2c1Br.